The Balaban J connectivity index is 0.00000341. The Labute approximate surface area is 186 Å². The molecule has 0 aliphatic carbocycles. The van der Waals surface area contributed by atoms with E-state index in [1.54, 1.807) is 36.4 Å². The van der Waals surface area contributed by atoms with Gasteiger partial charge in [0.1, 0.15) is 6.04 Å². The Morgan fingerprint density at radius 2 is 1.74 bits per heavy atom. The van der Waals surface area contributed by atoms with Crippen LogP contribution < -0.4 is 27.4 Å². The standard InChI is InChI=1S/C21H24N6O3.ClH/c22-21(23)26-16-7-3-14(4-8-16)19(29)25-15-5-1-13(2-6-15)11-12-24-20(30)17-9-10-18(28)27-17;/h1-8,17H,9-12H2,(H,24,30)(H,25,29)(H,27,28)(H4,22,23,26);1H. The lowest BCUT2D eigenvalue weighted by Crippen LogP contribution is -2.42. The number of nitrogens with one attached hydrogen (secondary N) is 3. The molecular formula is C21H25ClN6O3. The number of carbonyl (C=O) groups is 3. The van der Waals surface area contributed by atoms with Gasteiger partial charge in [-0.05, 0) is 54.8 Å². The first-order valence-corrected chi connectivity index (χ1v) is 9.58. The predicted molar refractivity (Wildman–Crippen MR) is 121 cm³/mol. The number of nitrogens with zero attached hydrogens (tertiary/aromatic N) is 1. The minimum absolute atomic E-state index is 0. The van der Waals surface area contributed by atoms with E-state index in [0.29, 0.717) is 42.7 Å². The van der Waals surface area contributed by atoms with E-state index in [2.05, 4.69) is 20.9 Å². The molecular weight excluding hydrogens is 420 g/mol. The molecule has 31 heavy (non-hydrogen) atoms. The van der Waals surface area contributed by atoms with Crippen molar-refractivity contribution in [1.29, 1.82) is 0 Å². The fraction of sp³-hybridized carbons (Fsp3) is 0.238. The Bertz CT molecular complexity index is 956. The van der Waals surface area contributed by atoms with Crippen molar-refractivity contribution in [3.63, 3.8) is 0 Å². The van der Waals surface area contributed by atoms with Crippen molar-refractivity contribution in [2.75, 3.05) is 11.9 Å². The van der Waals surface area contributed by atoms with Crippen molar-refractivity contribution < 1.29 is 14.4 Å². The van der Waals surface area contributed by atoms with Crippen LogP contribution in [0.15, 0.2) is 53.5 Å². The topological polar surface area (TPSA) is 152 Å². The number of anilines is 1. The van der Waals surface area contributed by atoms with Gasteiger partial charge in [0, 0.05) is 24.2 Å². The van der Waals surface area contributed by atoms with Gasteiger partial charge in [-0.3, -0.25) is 14.4 Å². The molecule has 164 valence electrons. The van der Waals surface area contributed by atoms with E-state index >= 15 is 0 Å². The second-order valence-corrected chi connectivity index (χ2v) is 6.93. The first-order valence-electron chi connectivity index (χ1n) is 9.58. The summed E-state index contributed by atoms with van der Waals surface area (Å²) in [6.45, 7) is 0.471. The van der Waals surface area contributed by atoms with Crippen LogP contribution in [0.1, 0.15) is 28.8 Å². The van der Waals surface area contributed by atoms with Crippen LogP contribution in [0, 0.1) is 0 Å². The lowest BCUT2D eigenvalue weighted by atomic mass is 10.1. The lowest BCUT2D eigenvalue weighted by molar-refractivity contribution is -0.125. The highest BCUT2D eigenvalue weighted by molar-refractivity contribution is 6.04. The van der Waals surface area contributed by atoms with Gasteiger partial charge >= 0.3 is 0 Å². The highest BCUT2D eigenvalue weighted by atomic mass is 35.5. The molecule has 0 radical (unpaired) electrons. The lowest BCUT2D eigenvalue weighted by Gasteiger charge is -2.11. The highest BCUT2D eigenvalue weighted by Gasteiger charge is 2.26. The van der Waals surface area contributed by atoms with Crippen LogP contribution in [0.4, 0.5) is 11.4 Å². The number of amides is 3. The summed E-state index contributed by atoms with van der Waals surface area (Å²) < 4.78 is 0. The number of nitrogens with two attached hydrogens (primary N) is 2. The largest absolute Gasteiger partial charge is 0.370 e. The number of halogens is 1. The molecule has 1 fully saturated rings. The summed E-state index contributed by atoms with van der Waals surface area (Å²) in [7, 11) is 0. The van der Waals surface area contributed by atoms with Crippen molar-refractivity contribution in [2.24, 2.45) is 16.5 Å². The van der Waals surface area contributed by atoms with Gasteiger partial charge in [0.2, 0.25) is 11.8 Å². The Hall–Kier alpha value is -3.59. The van der Waals surface area contributed by atoms with Crippen molar-refractivity contribution in [3.8, 4) is 0 Å². The van der Waals surface area contributed by atoms with Crippen LogP contribution >= 0.6 is 12.4 Å². The number of carbonyl (C=O) groups excluding carboxylic acids is 3. The van der Waals surface area contributed by atoms with Gasteiger partial charge in [-0.2, -0.15) is 0 Å². The summed E-state index contributed by atoms with van der Waals surface area (Å²) in [5, 5.41) is 8.30. The molecule has 1 aliphatic heterocycles. The van der Waals surface area contributed by atoms with Crippen LogP contribution in [0.2, 0.25) is 0 Å². The van der Waals surface area contributed by atoms with E-state index in [9.17, 15) is 14.4 Å². The van der Waals surface area contributed by atoms with E-state index in [0.717, 1.165) is 5.56 Å². The molecule has 1 heterocycles. The van der Waals surface area contributed by atoms with Crippen LogP contribution in [0.3, 0.4) is 0 Å². The fourth-order valence-corrected chi connectivity index (χ4v) is 3.06. The van der Waals surface area contributed by atoms with E-state index < -0.39 is 6.04 Å². The summed E-state index contributed by atoms with van der Waals surface area (Å²) in [4.78, 5) is 39.4. The number of benzene rings is 2. The van der Waals surface area contributed by atoms with Crippen molar-refractivity contribution in [2.45, 2.75) is 25.3 Å². The molecule has 3 amide bonds. The van der Waals surface area contributed by atoms with Gasteiger partial charge in [-0.15, -0.1) is 12.4 Å². The average molecular weight is 445 g/mol. The second-order valence-electron chi connectivity index (χ2n) is 6.93. The van der Waals surface area contributed by atoms with Crippen molar-refractivity contribution in [3.05, 3.63) is 59.7 Å². The zero-order valence-corrected chi connectivity index (χ0v) is 17.6. The SMILES string of the molecule is Cl.NC(N)=Nc1ccc(C(=O)Nc2ccc(CCNC(=O)C3CCC(=O)N3)cc2)cc1. The van der Waals surface area contributed by atoms with E-state index in [4.69, 9.17) is 11.5 Å². The van der Waals surface area contributed by atoms with E-state index in [1.807, 2.05) is 12.1 Å². The zero-order valence-electron chi connectivity index (χ0n) is 16.8. The van der Waals surface area contributed by atoms with Gasteiger partial charge in [0.15, 0.2) is 5.96 Å². The summed E-state index contributed by atoms with van der Waals surface area (Å²) in [5.41, 5.74) is 13.4. The maximum atomic E-state index is 12.4. The molecule has 9 nitrogen and oxygen atoms in total. The monoisotopic (exact) mass is 444 g/mol. The van der Waals surface area contributed by atoms with Crippen molar-refractivity contribution >= 4 is 47.5 Å². The molecule has 10 heteroatoms. The molecule has 1 atom stereocenters. The molecule has 2 aromatic carbocycles. The molecule has 1 unspecified atom stereocenters. The third kappa shape index (κ3) is 7.00. The van der Waals surface area contributed by atoms with Crippen LogP contribution in [-0.4, -0.2) is 36.3 Å². The minimum atomic E-state index is -0.427. The van der Waals surface area contributed by atoms with Crippen LogP contribution in [0.5, 0.6) is 0 Å². The summed E-state index contributed by atoms with van der Waals surface area (Å²) in [6.07, 6.45) is 1.58. The van der Waals surface area contributed by atoms with Gasteiger partial charge < -0.3 is 27.4 Å². The number of guanidine groups is 1. The summed E-state index contributed by atoms with van der Waals surface area (Å²) >= 11 is 0. The molecule has 7 N–H and O–H groups in total. The number of aliphatic imine (C=N–C) groups is 1. The second kappa shape index (κ2) is 11.0. The third-order valence-corrected chi connectivity index (χ3v) is 4.62. The van der Waals surface area contributed by atoms with Gasteiger partial charge in [0.25, 0.3) is 5.91 Å². The molecule has 0 aromatic heterocycles. The van der Waals surface area contributed by atoms with Gasteiger partial charge in [-0.25, -0.2) is 4.99 Å². The molecule has 0 bridgehead atoms. The Morgan fingerprint density at radius 1 is 1.06 bits per heavy atom. The molecule has 1 saturated heterocycles. The zero-order chi connectivity index (χ0) is 21.5. The quantitative estimate of drug-likeness (QED) is 0.321. The summed E-state index contributed by atoms with van der Waals surface area (Å²) in [5.74, 6) is -0.532. The molecule has 0 saturated carbocycles. The third-order valence-electron chi connectivity index (χ3n) is 4.62. The molecule has 3 rings (SSSR count). The average Bonchev–Trinajstić information content (AvgIpc) is 3.16. The maximum Gasteiger partial charge on any atom is 0.255 e. The first kappa shape index (κ1) is 23.7. The Morgan fingerprint density at radius 3 is 2.32 bits per heavy atom. The smallest absolute Gasteiger partial charge is 0.255 e. The predicted octanol–water partition coefficient (Wildman–Crippen LogP) is 1.20. The number of hydrogen-bond acceptors (Lipinski definition) is 4. The fourth-order valence-electron chi connectivity index (χ4n) is 3.06. The van der Waals surface area contributed by atoms with Crippen LogP contribution in [-0.2, 0) is 16.0 Å². The molecule has 2 aromatic rings. The highest BCUT2D eigenvalue weighted by Crippen LogP contribution is 2.15. The minimum Gasteiger partial charge on any atom is -0.370 e. The first-order chi connectivity index (χ1) is 14.4. The van der Waals surface area contributed by atoms with Gasteiger partial charge in [-0.1, -0.05) is 12.1 Å². The van der Waals surface area contributed by atoms with Crippen molar-refractivity contribution in [1.82, 2.24) is 10.6 Å². The Kier molecular flexibility index (Phi) is 8.39. The maximum absolute atomic E-state index is 12.4. The molecule has 0 spiro atoms. The normalized spacial score (nSPS) is 14.7. The molecule has 1 aliphatic rings. The number of hydrogen-bond donors (Lipinski definition) is 5. The van der Waals surface area contributed by atoms with Gasteiger partial charge in [0.05, 0.1) is 5.69 Å². The van der Waals surface area contributed by atoms with E-state index in [1.165, 1.54) is 0 Å². The van der Waals surface area contributed by atoms with E-state index in [-0.39, 0.29) is 36.1 Å². The van der Waals surface area contributed by atoms with Crippen LogP contribution in [0.25, 0.3) is 0 Å². The summed E-state index contributed by atoms with van der Waals surface area (Å²) in [6, 6.07) is 13.6. The number of rotatable bonds is 7.